The maximum absolute atomic E-state index is 8.74. The van der Waals surface area contributed by atoms with Crippen molar-refractivity contribution in [3.63, 3.8) is 0 Å². The predicted octanol–water partition coefficient (Wildman–Crippen LogP) is 1.72. The van der Waals surface area contributed by atoms with Crippen molar-refractivity contribution in [1.82, 2.24) is 0 Å². The fraction of sp³-hybridized carbons (Fsp3) is 0.667. The minimum atomic E-state index is -3.13. The molecule has 0 spiro atoms. The van der Waals surface area contributed by atoms with Gasteiger partial charge in [-0.3, -0.25) is 4.57 Å². The zero-order valence-corrected chi connectivity index (χ0v) is 7.42. The van der Waals surface area contributed by atoms with Gasteiger partial charge in [-0.2, -0.15) is 0 Å². The maximum Gasteiger partial charge on any atom is 0.314 e. The summed E-state index contributed by atoms with van der Waals surface area (Å²) >= 11 is 0. The van der Waals surface area contributed by atoms with Crippen molar-refractivity contribution in [3.8, 4) is 0 Å². The SMILES string of the molecule is C=C(CC)CC.O=[PH](O)O. The van der Waals surface area contributed by atoms with E-state index >= 15 is 0 Å². The molecule has 0 unspecified atom stereocenters. The lowest BCUT2D eigenvalue weighted by Gasteiger charge is -1.89. The van der Waals surface area contributed by atoms with Crippen molar-refractivity contribution < 1.29 is 14.4 Å². The molecule has 62 valence electrons. The second kappa shape index (κ2) is 8.89. The van der Waals surface area contributed by atoms with E-state index in [-0.39, 0.29) is 0 Å². The van der Waals surface area contributed by atoms with Crippen LogP contribution in [0, 0.1) is 0 Å². The number of allylic oxidation sites excluding steroid dienone is 1. The summed E-state index contributed by atoms with van der Waals surface area (Å²) in [4.78, 5) is 14.3. The van der Waals surface area contributed by atoms with Crippen molar-refractivity contribution in [1.29, 1.82) is 0 Å². The molecule has 0 heterocycles. The van der Waals surface area contributed by atoms with E-state index in [1.54, 1.807) is 0 Å². The van der Waals surface area contributed by atoms with Gasteiger partial charge in [0.15, 0.2) is 0 Å². The Morgan fingerprint density at radius 1 is 1.40 bits per heavy atom. The number of hydrogen-bond donors (Lipinski definition) is 2. The third-order valence-electron chi connectivity index (χ3n) is 1.000. The third kappa shape index (κ3) is 24.8. The van der Waals surface area contributed by atoms with Crippen LogP contribution in [0.5, 0.6) is 0 Å². The zero-order chi connectivity index (χ0) is 8.57. The van der Waals surface area contributed by atoms with Crippen molar-refractivity contribution in [2.45, 2.75) is 26.7 Å². The largest absolute Gasteiger partial charge is 0.326 e. The predicted molar refractivity (Wildman–Crippen MR) is 43.2 cm³/mol. The van der Waals surface area contributed by atoms with Crippen LogP contribution in [0.25, 0.3) is 0 Å². The molecule has 0 fully saturated rings. The molecule has 4 heteroatoms. The molecule has 3 nitrogen and oxygen atoms in total. The van der Waals surface area contributed by atoms with Crippen LogP contribution in [0.3, 0.4) is 0 Å². The van der Waals surface area contributed by atoms with E-state index in [0.717, 1.165) is 12.8 Å². The van der Waals surface area contributed by atoms with Crippen LogP contribution in [0.4, 0.5) is 0 Å². The molecule has 0 saturated heterocycles. The fourth-order valence-electron chi connectivity index (χ4n) is 0.250. The van der Waals surface area contributed by atoms with Gasteiger partial charge in [0.2, 0.25) is 0 Å². The molecule has 0 aromatic heterocycles. The van der Waals surface area contributed by atoms with Gasteiger partial charge in [-0.1, -0.05) is 26.0 Å². The Balaban J connectivity index is 0. The van der Waals surface area contributed by atoms with Crippen molar-refractivity contribution in [2.24, 2.45) is 0 Å². The van der Waals surface area contributed by atoms with E-state index in [1.807, 2.05) is 0 Å². The molecule has 0 saturated carbocycles. The molecule has 0 aliphatic heterocycles. The van der Waals surface area contributed by atoms with Gasteiger partial charge in [-0.05, 0) is 12.8 Å². The van der Waals surface area contributed by atoms with Crippen LogP contribution >= 0.6 is 8.25 Å². The lowest BCUT2D eigenvalue weighted by Crippen LogP contribution is -1.68. The van der Waals surface area contributed by atoms with Gasteiger partial charge in [-0.25, -0.2) is 0 Å². The Morgan fingerprint density at radius 3 is 1.60 bits per heavy atom. The molecule has 0 bridgehead atoms. The first-order chi connectivity index (χ1) is 4.54. The third-order valence-corrected chi connectivity index (χ3v) is 1.000. The summed E-state index contributed by atoms with van der Waals surface area (Å²) in [6, 6.07) is 0. The second-order valence-corrected chi connectivity index (χ2v) is 2.30. The monoisotopic (exact) mass is 166 g/mol. The highest BCUT2D eigenvalue weighted by Crippen LogP contribution is 1.99. The van der Waals surface area contributed by atoms with E-state index in [9.17, 15) is 0 Å². The molecule has 0 aromatic rings. The summed E-state index contributed by atoms with van der Waals surface area (Å²) in [5.41, 5.74) is 1.34. The summed E-state index contributed by atoms with van der Waals surface area (Å²) in [7, 11) is -3.13. The van der Waals surface area contributed by atoms with Gasteiger partial charge < -0.3 is 9.79 Å². The summed E-state index contributed by atoms with van der Waals surface area (Å²) in [6.07, 6.45) is 2.27. The molecular formula is C6H15O3P. The lowest BCUT2D eigenvalue weighted by molar-refractivity contribution is 0.405. The average molecular weight is 166 g/mol. The molecule has 0 atom stereocenters. The Labute approximate surface area is 62.3 Å². The van der Waals surface area contributed by atoms with Gasteiger partial charge in [0.1, 0.15) is 0 Å². The highest BCUT2D eigenvalue weighted by Gasteiger charge is 1.78. The zero-order valence-electron chi connectivity index (χ0n) is 6.42. The Kier molecular flexibility index (Phi) is 11.2. The fourth-order valence-corrected chi connectivity index (χ4v) is 0.250. The molecule has 0 amide bonds. The van der Waals surface area contributed by atoms with E-state index < -0.39 is 8.25 Å². The minimum absolute atomic E-state index is 1.14. The van der Waals surface area contributed by atoms with Crippen LogP contribution in [-0.4, -0.2) is 9.79 Å². The maximum atomic E-state index is 8.74. The average Bonchev–Trinajstić information content (AvgIpc) is 1.85. The topological polar surface area (TPSA) is 57.5 Å². The van der Waals surface area contributed by atoms with Crippen molar-refractivity contribution in [3.05, 3.63) is 12.2 Å². The Bertz CT molecular complexity index is 102. The highest BCUT2D eigenvalue weighted by molar-refractivity contribution is 7.30. The molecule has 2 N–H and O–H groups in total. The highest BCUT2D eigenvalue weighted by atomic mass is 31.1. The van der Waals surface area contributed by atoms with Gasteiger partial charge in [0.25, 0.3) is 0 Å². The molecule has 0 radical (unpaired) electrons. The van der Waals surface area contributed by atoms with E-state index in [1.165, 1.54) is 5.57 Å². The first-order valence-electron chi connectivity index (χ1n) is 3.13. The molecule has 10 heavy (non-hydrogen) atoms. The quantitative estimate of drug-likeness (QED) is 0.485. The van der Waals surface area contributed by atoms with Crippen molar-refractivity contribution in [2.75, 3.05) is 0 Å². The Hall–Kier alpha value is -0.110. The number of hydrogen-bond acceptors (Lipinski definition) is 1. The minimum Gasteiger partial charge on any atom is -0.326 e. The molecule has 0 aliphatic carbocycles. The summed E-state index contributed by atoms with van der Waals surface area (Å²) in [6.45, 7) is 8.05. The van der Waals surface area contributed by atoms with E-state index in [4.69, 9.17) is 14.4 Å². The van der Waals surface area contributed by atoms with Crippen LogP contribution in [0.15, 0.2) is 12.2 Å². The van der Waals surface area contributed by atoms with Crippen LogP contribution in [-0.2, 0) is 4.57 Å². The smallest absolute Gasteiger partial charge is 0.314 e. The normalized spacial score (nSPS) is 8.50. The number of rotatable bonds is 2. The lowest BCUT2D eigenvalue weighted by atomic mass is 10.2. The van der Waals surface area contributed by atoms with E-state index in [0.29, 0.717) is 0 Å². The van der Waals surface area contributed by atoms with Crippen molar-refractivity contribution >= 4 is 8.25 Å². The molecule has 0 aliphatic rings. The second-order valence-electron chi connectivity index (χ2n) is 1.74. The van der Waals surface area contributed by atoms with Gasteiger partial charge in [-0.15, -0.1) is 0 Å². The summed E-state index contributed by atoms with van der Waals surface area (Å²) in [5, 5.41) is 0. The first-order valence-corrected chi connectivity index (χ1v) is 4.43. The molecule has 0 rings (SSSR count). The first kappa shape index (κ1) is 12.6. The van der Waals surface area contributed by atoms with Gasteiger partial charge in [0.05, 0.1) is 0 Å². The molecule has 0 aromatic carbocycles. The van der Waals surface area contributed by atoms with Crippen LogP contribution in [0.1, 0.15) is 26.7 Å². The summed E-state index contributed by atoms with van der Waals surface area (Å²) < 4.78 is 8.74. The Morgan fingerprint density at radius 2 is 1.60 bits per heavy atom. The van der Waals surface area contributed by atoms with Crippen LogP contribution < -0.4 is 0 Å². The van der Waals surface area contributed by atoms with Gasteiger partial charge >= 0.3 is 8.25 Å². The summed E-state index contributed by atoms with van der Waals surface area (Å²) in [5.74, 6) is 0. The van der Waals surface area contributed by atoms with Gasteiger partial charge in [0, 0.05) is 0 Å². The van der Waals surface area contributed by atoms with Crippen LogP contribution in [0.2, 0.25) is 0 Å². The molecular weight excluding hydrogens is 151 g/mol. The standard InChI is InChI=1S/C6H12.H3O3P/c1-4-6(3)5-2;1-4(2)3/h3-5H2,1-2H3;4H,(H2,1,2,3). The van der Waals surface area contributed by atoms with E-state index in [2.05, 4.69) is 20.4 Å².